The van der Waals surface area contributed by atoms with E-state index in [2.05, 4.69) is 41.0 Å². The number of methoxy groups -OCH3 is 2. The van der Waals surface area contributed by atoms with Crippen molar-refractivity contribution >= 4 is 11.9 Å². The first kappa shape index (κ1) is 53.1. The van der Waals surface area contributed by atoms with Crippen molar-refractivity contribution in [2.75, 3.05) is 33.9 Å². The number of alkyl halides is 2. The fourth-order valence-electron chi connectivity index (χ4n) is 11.1. The fraction of sp³-hybridized carbons (Fsp3) is 0.569. The number of carbonyl (C=O) groups is 2. The van der Waals surface area contributed by atoms with Crippen molar-refractivity contribution in [1.29, 1.82) is 5.26 Å². The summed E-state index contributed by atoms with van der Waals surface area (Å²) in [7, 11) is 3.32. The van der Waals surface area contributed by atoms with Gasteiger partial charge in [0, 0.05) is 36.3 Å². The van der Waals surface area contributed by atoms with E-state index in [4.69, 9.17) is 33.2 Å². The Labute approximate surface area is 428 Å². The summed E-state index contributed by atoms with van der Waals surface area (Å²) in [5, 5.41) is 26.4. The van der Waals surface area contributed by atoms with Crippen LogP contribution in [0.4, 0.5) is 8.78 Å². The number of rotatable bonds is 19. The van der Waals surface area contributed by atoms with Crippen LogP contribution in [0, 0.1) is 17.2 Å². The van der Waals surface area contributed by atoms with Crippen LogP contribution in [0.5, 0.6) is 34.5 Å². The highest BCUT2D eigenvalue weighted by Gasteiger charge is 2.40. The summed E-state index contributed by atoms with van der Waals surface area (Å²) >= 11 is 0. The van der Waals surface area contributed by atoms with Crippen molar-refractivity contribution in [2.45, 2.75) is 172 Å². The van der Waals surface area contributed by atoms with Gasteiger partial charge in [0.25, 0.3) is 0 Å². The van der Waals surface area contributed by atoms with Crippen LogP contribution in [0.1, 0.15) is 158 Å². The van der Waals surface area contributed by atoms with E-state index >= 15 is 0 Å². The van der Waals surface area contributed by atoms with Gasteiger partial charge in [0.1, 0.15) is 6.10 Å². The van der Waals surface area contributed by atoms with E-state index < -0.39 is 18.0 Å². The zero-order valence-corrected chi connectivity index (χ0v) is 42.9. The number of carbonyl (C=O) groups excluding carboxylic acids is 1. The van der Waals surface area contributed by atoms with Crippen LogP contribution >= 0.6 is 0 Å². The summed E-state index contributed by atoms with van der Waals surface area (Å²) in [6.07, 6.45) is 15.9. The van der Waals surface area contributed by atoms with Crippen molar-refractivity contribution in [3.05, 3.63) is 93.8 Å². The van der Waals surface area contributed by atoms with Gasteiger partial charge in [-0.15, -0.1) is 0 Å². The van der Waals surface area contributed by atoms with Crippen LogP contribution in [0.2, 0.25) is 0 Å². The van der Waals surface area contributed by atoms with Gasteiger partial charge in [-0.25, -0.2) is 9.59 Å². The quantitative estimate of drug-likeness (QED) is 0.0767. The number of benzene rings is 3. The van der Waals surface area contributed by atoms with E-state index in [0.29, 0.717) is 80.7 Å². The highest BCUT2D eigenvalue weighted by Crippen LogP contribution is 2.45. The molecule has 4 aliphatic carbocycles. The highest BCUT2D eigenvalue weighted by atomic mass is 19.3. The van der Waals surface area contributed by atoms with Crippen LogP contribution in [0.25, 0.3) is 0 Å². The second-order valence-corrected chi connectivity index (χ2v) is 20.5. The topological polar surface area (TPSA) is 167 Å². The van der Waals surface area contributed by atoms with Crippen LogP contribution in [-0.4, -0.2) is 75.9 Å². The molecule has 3 aromatic carbocycles. The van der Waals surface area contributed by atoms with Gasteiger partial charge in [0.2, 0.25) is 0 Å². The summed E-state index contributed by atoms with van der Waals surface area (Å²) in [4.78, 5) is 24.9. The lowest BCUT2D eigenvalue weighted by Gasteiger charge is -2.35. The van der Waals surface area contributed by atoms with Crippen molar-refractivity contribution in [2.24, 2.45) is 5.92 Å². The molecule has 2 aliphatic heterocycles. The molecule has 2 heterocycles. The van der Waals surface area contributed by atoms with E-state index in [9.17, 15) is 28.7 Å². The molecular formula is C58H73F2N3O10. The highest BCUT2D eigenvalue weighted by molar-refractivity contribution is 5.89. The smallest absolute Gasteiger partial charge is 0.387 e. The summed E-state index contributed by atoms with van der Waals surface area (Å²) in [6, 6.07) is 19.5. The number of nitriles is 1. The molecule has 15 heteroatoms. The number of ether oxygens (including phenoxy) is 7. The monoisotopic (exact) mass is 1010 g/mol. The molecule has 0 unspecified atom stereocenters. The van der Waals surface area contributed by atoms with E-state index in [1.807, 2.05) is 26.0 Å². The van der Waals surface area contributed by atoms with Crippen LogP contribution in [0.15, 0.2) is 77.1 Å². The molecule has 0 aromatic heterocycles. The minimum Gasteiger partial charge on any atom is -0.493 e. The maximum Gasteiger partial charge on any atom is 0.387 e. The molecule has 0 spiro atoms. The molecule has 6 fully saturated rings. The molecule has 13 nitrogen and oxygen atoms in total. The lowest BCUT2D eigenvalue weighted by Crippen LogP contribution is -2.34. The Balaban J connectivity index is 0.000000238. The lowest BCUT2D eigenvalue weighted by atomic mass is 9.69. The average Bonchev–Trinajstić information content (AvgIpc) is 3.92. The Morgan fingerprint density at radius 1 is 0.685 bits per heavy atom. The van der Waals surface area contributed by atoms with Crippen LogP contribution in [-0.2, 0) is 19.7 Å². The third-order valence-electron chi connectivity index (χ3n) is 15.6. The first-order chi connectivity index (χ1) is 35.4. The molecule has 3 aromatic rings. The van der Waals surface area contributed by atoms with Gasteiger partial charge in [0.15, 0.2) is 34.5 Å². The molecule has 0 bridgehead atoms. The van der Waals surface area contributed by atoms with Crippen LogP contribution < -0.4 is 39.1 Å². The first-order valence-corrected chi connectivity index (χ1v) is 26.6. The average molecular weight is 1010 g/mol. The van der Waals surface area contributed by atoms with Gasteiger partial charge in [-0.05, 0) is 175 Å². The van der Waals surface area contributed by atoms with Gasteiger partial charge in [-0.2, -0.15) is 14.0 Å². The first-order valence-electron chi connectivity index (χ1n) is 26.6. The zero-order chi connectivity index (χ0) is 51.5. The molecule has 3 N–H and O–H groups in total. The second kappa shape index (κ2) is 24.7. The Morgan fingerprint density at radius 3 is 1.67 bits per heavy atom. The summed E-state index contributed by atoms with van der Waals surface area (Å²) in [5.41, 5.74) is 5.07. The molecule has 9 rings (SSSR count). The SMILES string of the molecule is CCC(C(=O)O)=C1C[C@@H](c2ccc(OC)c(OC3CCCC3)c2)CN1.CCC(C(=O)O[C@H]1CC[C@@](C#N)(c2ccc(OC(F)F)c(OCC3CC3)c2)CC1)=C1C[C@H](c2ccc(OC)c(OC3CCCC3)c2)CN1. The Bertz CT molecular complexity index is 2500. The fourth-order valence-corrected chi connectivity index (χ4v) is 11.1. The van der Waals surface area contributed by atoms with Crippen molar-refractivity contribution < 1.29 is 56.6 Å². The van der Waals surface area contributed by atoms with Crippen molar-refractivity contribution in [1.82, 2.24) is 10.6 Å². The summed E-state index contributed by atoms with van der Waals surface area (Å²) in [6.45, 7) is 2.77. The Morgan fingerprint density at radius 2 is 1.21 bits per heavy atom. The normalized spacial score (nSPS) is 24.3. The van der Waals surface area contributed by atoms with E-state index in [0.717, 1.165) is 97.0 Å². The second-order valence-electron chi connectivity index (χ2n) is 20.5. The van der Waals surface area contributed by atoms with Crippen LogP contribution in [0.3, 0.4) is 0 Å². The van der Waals surface area contributed by atoms with Gasteiger partial charge in [-0.3, -0.25) is 0 Å². The molecule has 2 saturated heterocycles. The Kier molecular flexibility index (Phi) is 18.0. The van der Waals surface area contributed by atoms with E-state index in [1.54, 1.807) is 26.4 Å². The molecule has 0 radical (unpaired) electrons. The lowest BCUT2D eigenvalue weighted by molar-refractivity contribution is -0.146. The maximum atomic E-state index is 13.5. The number of nitrogens with one attached hydrogen (secondary N) is 2. The third-order valence-corrected chi connectivity index (χ3v) is 15.6. The number of hydrogen-bond donors (Lipinski definition) is 3. The number of hydrogen-bond acceptors (Lipinski definition) is 12. The van der Waals surface area contributed by atoms with Crippen molar-refractivity contribution in [3.8, 4) is 40.6 Å². The number of nitrogens with zero attached hydrogens (tertiary/aromatic N) is 1. The molecule has 4 saturated carbocycles. The molecule has 6 aliphatic rings. The molecule has 394 valence electrons. The minimum absolute atomic E-state index is 0.0298. The zero-order valence-electron chi connectivity index (χ0n) is 42.9. The molecule has 73 heavy (non-hydrogen) atoms. The standard InChI is InChI=1S/C38H46F2N2O6.C20H27NO4/c1-3-30(31-18-26(21-42-31)25-10-12-32(44-2)35(19-25)46-28-6-4-5-7-28)36(43)47-29-14-16-38(23-41,17-15-29)27-11-13-33(48-37(39)40)34(20-27)45-22-24-8-9-24;1-3-16(20(22)23)17-10-14(12-21-17)13-8-9-18(24-2)19(11-13)25-15-6-4-5-7-15/h10-13,19-20,24,26,28-29,37,42H,3-9,14-18,21-22H2,1-2H3;8-9,11,14-15,21H,3-7,10,12H2,1-2H3,(H,22,23)/t26-,29-,38+;14-/m01/s1. The summed E-state index contributed by atoms with van der Waals surface area (Å²) in [5.74, 6) is 3.00. The van der Waals surface area contributed by atoms with Gasteiger partial charge in [-0.1, -0.05) is 32.0 Å². The number of carboxylic acids is 1. The maximum absolute atomic E-state index is 13.5. The largest absolute Gasteiger partial charge is 0.493 e. The minimum atomic E-state index is -2.97. The van der Waals surface area contributed by atoms with E-state index in [1.165, 1.54) is 31.7 Å². The number of esters is 1. The molecule has 2 atom stereocenters. The predicted molar refractivity (Wildman–Crippen MR) is 272 cm³/mol. The predicted octanol–water partition coefficient (Wildman–Crippen LogP) is 11.9. The van der Waals surface area contributed by atoms with E-state index in [-0.39, 0.29) is 47.6 Å². The van der Waals surface area contributed by atoms with Gasteiger partial charge < -0.3 is 48.9 Å². The molecular weight excluding hydrogens is 937 g/mol. The Hall–Kier alpha value is -6.17. The number of halogens is 2. The van der Waals surface area contributed by atoms with Gasteiger partial charge >= 0.3 is 18.6 Å². The number of allylic oxidation sites excluding steroid dienone is 2. The third kappa shape index (κ3) is 13.3. The summed E-state index contributed by atoms with van der Waals surface area (Å²) < 4.78 is 66.2. The number of aliphatic carboxylic acids is 1. The molecule has 0 amide bonds. The number of carboxylic acid groups (broad SMARTS) is 1. The van der Waals surface area contributed by atoms with Crippen molar-refractivity contribution in [3.63, 3.8) is 0 Å². The van der Waals surface area contributed by atoms with Gasteiger partial charge in [0.05, 0.1) is 55.7 Å².